The van der Waals surface area contributed by atoms with Gasteiger partial charge in [-0.2, -0.15) is 0 Å². The second-order valence-electron chi connectivity index (χ2n) is 8.50. The van der Waals surface area contributed by atoms with Crippen molar-refractivity contribution in [1.29, 1.82) is 0 Å². The van der Waals surface area contributed by atoms with Gasteiger partial charge in [-0.25, -0.2) is 0 Å². The van der Waals surface area contributed by atoms with Gasteiger partial charge in [-0.15, -0.1) is 11.8 Å². The standard InChI is InChI=1S/C23H31N3O2S/c27-21-15-23(9-3-4-10-23)16-22(28)26(21)13-6-5-11-24-12-14-29-20-17-25-19-8-2-1-7-18(19)20/h1-2,7-8,17,24-25H,3-6,9-16H2. The van der Waals surface area contributed by atoms with Crippen LogP contribution in [-0.2, 0) is 9.59 Å². The van der Waals surface area contributed by atoms with Gasteiger partial charge in [0.15, 0.2) is 0 Å². The number of hydrogen-bond acceptors (Lipinski definition) is 4. The highest BCUT2D eigenvalue weighted by molar-refractivity contribution is 7.99. The molecule has 4 rings (SSSR count). The Labute approximate surface area is 177 Å². The number of nitrogens with zero attached hydrogens (tertiary/aromatic N) is 1. The van der Waals surface area contributed by atoms with Crippen molar-refractivity contribution in [2.45, 2.75) is 56.3 Å². The maximum atomic E-state index is 12.5. The van der Waals surface area contributed by atoms with E-state index in [-0.39, 0.29) is 17.2 Å². The van der Waals surface area contributed by atoms with Crippen LogP contribution < -0.4 is 5.32 Å². The number of thioether (sulfide) groups is 1. The second-order valence-corrected chi connectivity index (χ2v) is 9.64. The quantitative estimate of drug-likeness (QED) is 0.365. The lowest BCUT2D eigenvalue weighted by Crippen LogP contribution is -2.47. The van der Waals surface area contributed by atoms with Crippen LogP contribution in [0.2, 0.25) is 0 Å². The van der Waals surface area contributed by atoms with Crippen LogP contribution in [0.5, 0.6) is 0 Å². The Balaban J connectivity index is 1.09. The molecule has 2 fully saturated rings. The van der Waals surface area contributed by atoms with Crippen molar-refractivity contribution in [3.63, 3.8) is 0 Å². The van der Waals surface area contributed by atoms with Gasteiger partial charge >= 0.3 is 0 Å². The number of H-pyrrole nitrogens is 1. The second kappa shape index (κ2) is 9.35. The van der Waals surface area contributed by atoms with Crippen LogP contribution in [0.4, 0.5) is 0 Å². The summed E-state index contributed by atoms with van der Waals surface area (Å²) in [6.45, 7) is 2.46. The van der Waals surface area contributed by atoms with E-state index >= 15 is 0 Å². The minimum Gasteiger partial charge on any atom is -0.360 e. The lowest BCUT2D eigenvalue weighted by Gasteiger charge is -2.37. The summed E-state index contributed by atoms with van der Waals surface area (Å²) in [5.74, 6) is 1.14. The molecule has 0 radical (unpaired) electrons. The van der Waals surface area contributed by atoms with E-state index in [4.69, 9.17) is 0 Å². The number of carbonyl (C=O) groups excluding carboxylic acids is 2. The van der Waals surface area contributed by atoms with E-state index in [1.807, 2.05) is 17.8 Å². The zero-order valence-corrected chi connectivity index (χ0v) is 17.9. The Morgan fingerprint density at radius 3 is 2.59 bits per heavy atom. The van der Waals surface area contributed by atoms with Crippen LogP contribution in [0.1, 0.15) is 51.4 Å². The van der Waals surface area contributed by atoms with E-state index in [1.165, 1.54) is 33.5 Å². The molecule has 2 aliphatic rings. The molecule has 0 atom stereocenters. The number of likely N-dealkylation sites (tertiary alicyclic amines) is 1. The summed E-state index contributed by atoms with van der Waals surface area (Å²) in [5, 5.41) is 4.76. The molecule has 1 aromatic heterocycles. The molecule has 6 heteroatoms. The molecule has 1 saturated carbocycles. The summed E-state index contributed by atoms with van der Waals surface area (Å²) in [6.07, 6.45) is 9.57. The smallest absolute Gasteiger partial charge is 0.229 e. The van der Waals surface area contributed by atoms with Gasteiger partial charge in [0.2, 0.25) is 11.8 Å². The predicted molar refractivity (Wildman–Crippen MR) is 118 cm³/mol. The average Bonchev–Trinajstić information content (AvgIpc) is 3.33. The molecule has 29 heavy (non-hydrogen) atoms. The van der Waals surface area contributed by atoms with Crippen molar-refractivity contribution < 1.29 is 9.59 Å². The Morgan fingerprint density at radius 2 is 1.79 bits per heavy atom. The number of imide groups is 1. The molecule has 2 amide bonds. The average molecular weight is 414 g/mol. The van der Waals surface area contributed by atoms with Crippen LogP contribution in [-0.4, -0.2) is 47.1 Å². The lowest BCUT2D eigenvalue weighted by atomic mass is 9.76. The number of amides is 2. The highest BCUT2D eigenvalue weighted by atomic mass is 32.2. The first-order chi connectivity index (χ1) is 14.2. The number of hydrogen-bond donors (Lipinski definition) is 2. The van der Waals surface area contributed by atoms with Gasteiger partial charge in [-0.05, 0) is 43.7 Å². The van der Waals surface area contributed by atoms with Gasteiger partial charge in [0.25, 0.3) is 0 Å². The van der Waals surface area contributed by atoms with Crippen molar-refractivity contribution in [3.05, 3.63) is 30.5 Å². The predicted octanol–water partition coefficient (Wildman–Crippen LogP) is 4.34. The van der Waals surface area contributed by atoms with E-state index in [2.05, 4.69) is 34.7 Å². The third kappa shape index (κ3) is 4.86. The van der Waals surface area contributed by atoms with Crippen LogP contribution in [0, 0.1) is 5.41 Å². The number of benzene rings is 1. The highest BCUT2D eigenvalue weighted by Crippen LogP contribution is 2.46. The van der Waals surface area contributed by atoms with Crippen LogP contribution in [0.25, 0.3) is 10.9 Å². The Bertz CT molecular complexity index is 837. The Morgan fingerprint density at radius 1 is 1.03 bits per heavy atom. The van der Waals surface area contributed by atoms with Gasteiger partial charge in [0, 0.05) is 53.7 Å². The van der Waals surface area contributed by atoms with Gasteiger partial charge in [-0.3, -0.25) is 14.5 Å². The van der Waals surface area contributed by atoms with Gasteiger partial charge < -0.3 is 10.3 Å². The number of rotatable bonds is 9. The first-order valence-electron chi connectivity index (χ1n) is 10.9. The van der Waals surface area contributed by atoms with Gasteiger partial charge in [0.1, 0.15) is 0 Å². The molecule has 5 nitrogen and oxygen atoms in total. The van der Waals surface area contributed by atoms with Crippen molar-refractivity contribution in [2.75, 3.05) is 25.4 Å². The summed E-state index contributed by atoms with van der Waals surface area (Å²) >= 11 is 1.86. The molecule has 1 aliphatic heterocycles. The minimum atomic E-state index is 0.00861. The Kier molecular flexibility index (Phi) is 6.60. The molecule has 0 bridgehead atoms. The molecule has 1 aliphatic carbocycles. The summed E-state index contributed by atoms with van der Waals surface area (Å²) < 4.78 is 0. The maximum Gasteiger partial charge on any atom is 0.229 e. The molecule has 2 N–H and O–H groups in total. The Hall–Kier alpha value is -1.79. The van der Waals surface area contributed by atoms with Crippen LogP contribution in [0.3, 0.4) is 0 Å². The molecule has 156 valence electrons. The largest absolute Gasteiger partial charge is 0.360 e. The first-order valence-corrected chi connectivity index (χ1v) is 11.9. The number of para-hydroxylation sites is 1. The SMILES string of the molecule is O=C1CC2(CCCC2)CC(=O)N1CCCCNCCSc1c[nH]c2ccccc12. The summed E-state index contributed by atoms with van der Waals surface area (Å²) in [4.78, 5) is 31.1. The fraction of sp³-hybridized carbons (Fsp3) is 0.565. The molecule has 2 heterocycles. The zero-order chi connectivity index (χ0) is 20.1. The fourth-order valence-corrected chi connectivity index (χ4v) is 5.75. The molecule has 1 spiro atoms. The van der Waals surface area contributed by atoms with E-state index in [9.17, 15) is 9.59 Å². The summed E-state index contributed by atoms with van der Waals surface area (Å²) in [7, 11) is 0. The number of aromatic amines is 1. The molecule has 1 saturated heterocycles. The number of piperidine rings is 1. The van der Waals surface area contributed by atoms with Crippen molar-refractivity contribution in [1.82, 2.24) is 15.2 Å². The van der Waals surface area contributed by atoms with E-state index < -0.39 is 0 Å². The number of carbonyl (C=O) groups is 2. The zero-order valence-electron chi connectivity index (χ0n) is 17.0. The van der Waals surface area contributed by atoms with Crippen molar-refractivity contribution in [3.8, 4) is 0 Å². The third-order valence-corrected chi connectivity index (χ3v) is 7.45. The minimum absolute atomic E-state index is 0.00861. The van der Waals surface area contributed by atoms with Crippen molar-refractivity contribution >= 4 is 34.5 Å². The first kappa shape index (κ1) is 20.5. The number of fused-ring (bicyclic) bond motifs is 1. The molecular weight excluding hydrogens is 382 g/mol. The lowest BCUT2D eigenvalue weighted by molar-refractivity contribution is -0.153. The van der Waals surface area contributed by atoms with Crippen LogP contribution >= 0.6 is 11.8 Å². The molecular formula is C23H31N3O2S. The number of nitrogens with one attached hydrogen (secondary N) is 2. The molecule has 2 aromatic rings. The molecule has 1 aromatic carbocycles. The third-order valence-electron chi connectivity index (χ3n) is 6.39. The topological polar surface area (TPSA) is 65.2 Å². The van der Waals surface area contributed by atoms with Gasteiger partial charge in [0.05, 0.1) is 0 Å². The van der Waals surface area contributed by atoms with E-state index in [1.54, 1.807) is 0 Å². The highest BCUT2D eigenvalue weighted by Gasteiger charge is 2.44. The number of aromatic nitrogens is 1. The summed E-state index contributed by atoms with van der Waals surface area (Å²) in [5.41, 5.74) is 1.19. The van der Waals surface area contributed by atoms with Gasteiger partial charge in [-0.1, -0.05) is 31.0 Å². The fourth-order valence-electron chi connectivity index (χ4n) is 4.80. The molecule has 0 unspecified atom stereocenters. The van der Waals surface area contributed by atoms with E-state index in [0.29, 0.717) is 19.4 Å². The normalized spacial score (nSPS) is 19.0. The van der Waals surface area contributed by atoms with Crippen molar-refractivity contribution in [2.24, 2.45) is 5.41 Å². The van der Waals surface area contributed by atoms with E-state index in [0.717, 1.165) is 44.5 Å². The monoisotopic (exact) mass is 413 g/mol. The maximum absolute atomic E-state index is 12.5. The van der Waals surface area contributed by atoms with Crippen LogP contribution in [0.15, 0.2) is 35.4 Å². The summed E-state index contributed by atoms with van der Waals surface area (Å²) in [6, 6.07) is 8.37. The number of unbranched alkanes of at least 4 members (excludes halogenated alkanes) is 1.